The number of fused-ring (bicyclic) bond motifs is 4. The van der Waals surface area contributed by atoms with Crippen LogP contribution in [0.2, 0.25) is 26.2 Å². The molecule has 6 aromatic rings. The fraction of sp³-hybridized carbons (Fsp3) is 0.182. The molecule has 49 heavy (non-hydrogen) atoms. The summed E-state index contributed by atoms with van der Waals surface area (Å²) in [5.74, 6) is 0. The quantitative estimate of drug-likeness (QED) is 0.147. The fourth-order valence-electron chi connectivity index (χ4n) is 9.45. The topological polar surface area (TPSA) is 0 Å². The molecule has 0 nitrogen and oxygen atoms in total. The van der Waals surface area contributed by atoms with Gasteiger partial charge < -0.3 is 0 Å². The molecule has 0 bridgehead atoms. The van der Waals surface area contributed by atoms with Gasteiger partial charge in [-0.05, 0) is 0 Å². The molecular weight excluding hydrogens is 747 g/mol. The predicted molar refractivity (Wildman–Crippen MR) is 220 cm³/mol. The SMILES string of the molecule is CC1=Cc2c(-c3cccc4ccccc34)cccc2[CH]1[Zr]([Cl])([Cl])([CH]1C(C)=Cc2c(-c3cccc4ccccc34)cccc21)[SiH](C)[Si](C)(C)C. The van der Waals surface area contributed by atoms with Crippen molar-refractivity contribution in [1.29, 1.82) is 0 Å². The standard InChI is InChI=1S/2C20H15.C4H13Si2.2ClH.Zr/c2*1-14-12-16-8-5-11-19(20(16)13-14)18-10-4-7-15-6-2-3-9-17(15)18;1-5-6(2,3)4;;;/h2*2-13H,1H3;5H,1-4H3;2*1H;/q;;;;;+2/p-2. The Morgan fingerprint density at radius 3 is 1.31 bits per heavy atom. The van der Waals surface area contributed by atoms with Gasteiger partial charge in [-0.3, -0.25) is 0 Å². The third-order valence-corrected chi connectivity index (χ3v) is 103. The molecule has 0 heterocycles. The van der Waals surface area contributed by atoms with Gasteiger partial charge in [0.05, 0.1) is 0 Å². The third-order valence-electron chi connectivity index (χ3n) is 11.9. The maximum absolute atomic E-state index is 8.86. The van der Waals surface area contributed by atoms with Crippen molar-refractivity contribution >= 4 is 63.8 Å². The van der Waals surface area contributed by atoms with Gasteiger partial charge in [0.2, 0.25) is 0 Å². The summed E-state index contributed by atoms with van der Waals surface area (Å²) in [4.78, 5) is 0. The summed E-state index contributed by atoms with van der Waals surface area (Å²) in [5, 5.41) is 5.09. The Balaban J connectivity index is 1.36. The van der Waals surface area contributed by atoms with Crippen molar-refractivity contribution in [1.82, 2.24) is 0 Å². The Kier molecular flexibility index (Phi) is 8.10. The zero-order chi connectivity index (χ0) is 34.3. The van der Waals surface area contributed by atoms with Crippen LogP contribution in [0.1, 0.15) is 43.4 Å². The van der Waals surface area contributed by atoms with Crippen molar-refractivity contribution in [3.05, 3.63) is 155 Å². The van der Waals surface area contributed by atoms with Gasteiger partial charge in [-0.15, -0.1) is 0 Å². The summed E-state index contributed by atoms with van der Waals surface area (Å²) < 4.78 is 0.146. The van der Waals surface area contributed by atoms with Crippen LogP contribution in [0.3, 0.4) is 0 Å². The minimum absolute atomic E-state index is 0.0728. The van der Waals surface area contributed by atoms with E-state index in [1.54, 1.807) is 0 Å². The van der Waals surface area contributed by atoms with E-state index in [0.717, 1.165) is 0 Å². The van der Waals surface area contributed by atoms with Crippen molar-refractivity contribution in [2.45, 2.75) is 47.3 Å². The fourth-order valence-corrected chi connectivity index (χ4v) is 124. The van der Waals surface area contributed by atoms with E-state index >= 15 is 0 Å². The van der Waals surface area contributed by atoms with E-state index in [1.807, 2.05) is 0 Å². The zero-order valence-electron chi connectivity index (χ0n) is 29.2. The number of rotatable bonds is 6. The molecule has 5 heteroatoms. The number of hydrogen-bond acceptors (Lipinski definition) is 0. The van der Waals surface area contributed by atoms with Crippen LogP contribution in [0.4, 0.5) is 0 Å². The average molecular weight is 790 g/mol. The molecule has 0 spiro atoms. The first-order valence-electron chi connectivity index (χ1n) is 17.6. The number of halogens is 2. The van der Waals surface area contributed by atoms with Crippen LogP contribution < -0.4 is 0 Å². The summed E-state index contributed by atoms with van der Waals surface area (Å²) >= 11 is -4.94. The molecule has 8 rings (SSSR count). The monoisotopic (exact) mass is 787 g/mol. The molecule has 3 unspecified atom stereocenters. The van der Waals surface area contributed by atoms with Crippen molar-refractivity contribution in [3.63, 3.8) is 0 Å². The van der Waals surface area contributed by atoms with Gasteiger partial charge in [-0.25, -0.2) is 0 Å². The van der Waals surface area contributed by atoms with E-state index in [4.69, 9.17) is 17.0 Å². The maximum atomic E-state index is 8.86. The molecule has 2 aliphatic rings. The first kappa shape index (κ1) is 33.4. The molecule has 0 aliphatic heterocycles. The Bertz CT molecular complexity index is 2220. The molecule has 0 N–H and O–H groups in total. The van der Waals surface area contributed by atoms with Gasteiger partial charge in [0.25, 0.3) is 0 Å². The molecule has 3 atom stereocenters. The van der Waals surface area contributed by atoms with Crippen molar-refractivity contribution in [2.24, 2.45) is 0 Å². The molecule has 0 radical (unpaired) electrons. The van der Waals surface area contributed by atoms with Gasteiger partial charge in [0.15, 0.2) is 0 Å². The third kappa shape index (κ3) is 5.06. The molecule has 0 saturated heterocycles. The number of hydrogen-bond donors (Lipinski definition) is 0. The van der Waals surface area contributed by atoms with E-state index < -0.39 is 28.6 Å². The normalized spacial score (nSPS) is 18.8. The molecular formula is C44H43Cl2Si2Zr. The van der Waals surface area contributed by atoms with Crippen LogP contribution in [0, 0.1) is 0 Å². The van der Waals surface area contributed by atoms with Crippen molar-refractivity contribution in [3.8, 4) is 22.3 Å². The average Bonchev–Trinajstić information content (AvgIpc) is 3.63. The Labute approximate surface area is 301 Å². The summed E-state index contributed by atoms with van der Waals surface area (Å²) in [6, 6.07) is 44.6. The molecule has 0 aromatic heterocycles. The van der Waals surface area contributed by atoms with Crippen molar-refractivity contribution < 1.29 is 15.6 Å². The number of benzene rings is 6. The van der Waals surface area contributed by atoms with E-state index in [9.17, 15) is 0 Å². The summed E-state index contributed by atoms with van der Waals surface area (Å²) in [5.41, 5.74) is 11.4. The second kappa shape index (κ2) is 11.9. The molecule has 245 valence electrons. The molecule has 0 saturated carbocycles. The molecule has 0 fully saturated rings. The minimum atomic E-state index is -4.94. The molecule has 6 aromatic carbocycles. The van der Waals surface area contributed by atoms with Gasteiger partial charge >= 0.3 is 304 Å². The van der Waals surface area contributed by atoms with Crippen LogP contribution in [0.25, 0.3) is 56.0 Å². The molecule has 2 aliphatic carbocycles. The van der Waals surface area contributed by atoms with E-state index in [1.165, 1.54) is 77.2 Å². The summed E-state index contributed by atoms with van der Waals surface area (Å²) in [6.45, 7) is 14.8. The Morgan fingerprint density at radius 2 is 0.878 bits per heavy atom. The van der Waals surface area contributed by atoms with Crippen molar-refractivity contribution in [2.75, 3.05) is 0 Å². The second-order valence-electron chi connectivity index (χ2n) is 15.6. The first-order valence-corrected chi connectivity index (χ1v) is 38.0. The van der Waals surface area contributed by atoms with Crippen LogP contribution in [-0.2, 0) is 15.6 Å². The predicted octanol–water partition coefficient (Wildman–Crippen LogP) is 13.7. The van der Waals surface area contributed by atoms with Crippen LogP contribution >= 0.6 is 17.0 Å². The van der Waals surface area contributed by atoms with Crippen LogP contribution in [-0.4, -0.2) is 13.0 Å². The van der Waals surface area contributed by atoms with Crippen LogP contribution in [0.15, 0.2) is 132 Å². The number of allylic oxidation sites excluding steroid dienone is 2. The van der Waals surface area contributed by atoms with Gasteiger partial charge in [-0.2, -0.15) is 0 Å². The first-order chi connectivity index (χ1) is 23.4. The van der Waals surface area contributed by atoms with E-state index in [2.05, 4.69) is 174 Å². The Hall–Kier alpha value is -2.78. The van der Waals surface area contributed by atoms with Crippen LogP contribution in [0.5, 0.6) is 0 Å². The molecule has 0 amide bonds. The van der Waals surface area contributed by atoms with Gasteiger partial charge in [-0.1, -0.05) is 0 Å². The summed E-state index contributed by atoms with van der Waals surface area (Å²) in [7, 11) is 16.0. The Morgan fingerprint density at radius 1 is 0.510 bits per heavy atom. The second-order valence-corrected chi connectivity index (χ2v) is 71.9. The summed E-state index contributed by atoms with van der Waals surface area (Å²) in [6.07, 6.45) is 4.89. The van der Waals surface area contributed by atoms with E-state index in [0.29, 0.717) is 0 Å². The van der Waals surface area contributed by atoms with Gasteiger partial charge in [0, 0.05) is 0 Å². The zero-order valence-corrected chi connectivity index (χ0v) is 35.3. The van der Waals surface area contributed by atoms with Gasteiger partial charge in [0.1, 0.15) is 0 Å². The van der Waals surface area contributed by atoms with E-state index in [-0.39, 0.29) is 7.25 Å².